The fourth-order valence-electron chi connectivity index (χ4n) is 2.17. The van der Waals surface area contributed by atoms with Crippen LogP contribution in [0.2, 0.25) is 0 Å². The molecule has 0 atom stereocenters. The molecule has 20 heavy (non-hydrogen) atoms. The van der Waals surface area contributed by atoms with Crippen molar-refractivity contribution in [2.45, 2.75) is 27.3 Å². The number of rotatable bonds is 5. The van der Waals surface area contributed by atoms with Crippen molar-refractivity contribution in [2.24, 2.45) is 0 Å². The third-order valence-electron chi connectivity index (χ3n) is 3.05. The summed E-state index contributed by atoms with van der Waals surface area (Å²) >= 11 is 0. The summed E-state index contributed by atoms with van der Waals surface area (Å²) < 4.78 is 19.8. The van der Waals surface area contributed by atoms with Crippen LogP contribution < -0.4 is 10.1 Å². The number of nitrogens with one attached hydrogen (secondary N) is 1. The molecule has 0 aliphatic carbocycles. The summed E-state index contributed by atoms with van der Waals surface area (Å²) in [6, 6.07) is 10.9. The number of halogens is 1. The van der Waals surface area contributed by atoms with Crippen LogP contribution in [-0.4, -0.2) is 6.54 Å². The van der Waals surface area contributed by atoms with Gasteiger partial charge in [-0.1, -0.05) is 19.1 Å². The van der Waals surface area contributed by atoms with E-state index in [2.05, 4.69) is 11.4 Å². The van der Waals surface area contributed by atoms with Gasteiger partial charge >= 0.3 is 0 Å². The lowest BCUT2D eigenvalue weighted by molar-refractivity contribution is 0.462. The molecule has 0 fully saturated rings. The zero-order chi connectivity index (χ0) is 14.5. The van der Waals surface area contributed by atoms with E-state index in [0.29, 0.717) is 17.9 Å². The van der Waals surface area contributed by atoms with E-state index < -0.39 is 0 Å². The average Bonchev–Trinajstić information content (AvgIpc) is 2.37. The van der Waals surface area contributed by atoms with E-state index in [0.717, 1.165) is 23.4 Å². The highest BCUT2D eigenvalue weighted by atomic mass is 19.1. The minimum atomic E-state index is -0.243. The summed E-state index contributed by atoms with van der Waals surface area (Å²) in [5.41, 5.74) is 2.82. The molecule has 0 aliphatic heterocycles. The highest BCUT2D eigenvalue weighted by Gasteiger charge is 2.10. The number of aryl methyl sites for hydroxylation is 2. The lowest BCUT2D eigenvalue weighted by Gasteiger charge is -2.13. The second-order valence-corrected chi connectivity index (χ2v) is 4.92. The van der Waals surface area contributed by atoms with Crippen LogP contribution in [0.1, 0.15) is 23.6 Å². The van der Waals surface area contributed by atoms with E-state index in [9.17, 15) is 4.39 Å². The van der Waals surface area contributed by atoms with Gasteiger partial charge in [-0.2, -0.15) is 0 Å². The van der Waals surface area contributed by atoms with Gasteiger partial charge in [0.25, 0.3) is 0 Å². The third kappa shape index (κ3) is 3.58. The van der Waals surface area contributed by atoms with Gasteiger partial charge in [0.1, 0.15) is 17.3 Å². The zero-order valence-electron chi connectivity index (χ0n) is 12.2. The molecule has 0 heterocycles. The van der Waals surface area contributed by atoms with Crippen molar-refractivity contribution in [3.05, 3.63) is 58.9 Å². The number of benzene rings is 2. The lowest BCUT2D eigenvalue weighted by Crippen LogP contribution is -2.13. The third-order valence-corrected chi connectivity index (χ3v) is 3.05. The maximum Gasteiger partial charge on any atom is 0.134 e. The molecule has 0 radical (unpaired) electrons. The summed E-state index contributed by atoms with van der Waals surface area (Å²) in [6.45, 7) is 7.28. The molecule has 1 N–H and O–H groups in total. The number of hydrogen-bond donors (Lipinski definition) is 1. The average molecular weight is 273 g/mol. The smallest absolute Gasteiger partial charge is 0.134 e. The van der Waals surface area contributed by atoms with Gasteiger partial charge in [-0.15, -0.1) is 0 Å². The van der Waals surface area contributed by atoms with Crippen LogP contribution in [-0.2, 0) is 6.54 Å². The van der Waals surface area contributed by atoms with Crippen LogP contribution >= 0.6 is 0 Å². The van der Waals surface area contributed by atoms with Crippen LogP contribution in [0.4, 0.5) is 4.39 Å². The first-order valence-electron chi connectivity index (χ1n) is 6.84. The minimum Gasteiger partial charge on any atom is -0.457 e. The Morgan fingerprint density at radius 1 is 1.10 bits per heavy atom. The molecule has 3 heteroatoms. The van der Waals surface area contributed by atoms with Crippen molar-refractivity contribution < 1.29 is 9.13 Å². The van der Waals surface area contributed by atoms with Gasteiger partial charge in [0.15, 0.2) is 0 Å². The van der Waals surface area contributed by atoms with E-state index in [1.807, 2.05) is 32.9 Å². The van der Waals surface area contributed by atoms with Gasteiger partial charge in [0.05, 0.1) is 0 Å². The molecule has 2 nitrogen and oxygen atoms in total. The maximum absolute atomic E-state index is 13.9. The largest absolute Gasteiger partial charge is 0.457 e. The fourth-order valence-corrected chi connectivity index (χ4v) is 2.17. The molecule has 2 aromatic carbocycles. The second-order valence-electron chi connectivity index (χ2n) is 4.92. The normalized spacial score (nSPS) is 10.6. The van der Waals surface area contributed by atoms with Crippen molar-refractivity contribution in [3.63, 3.8) is 0 Å². The van der Waals surface area contributed by atoms with Gasteiger partial charge in [0, 0.05) is 12.1 Å². The van der Waals surface area contributed by atoms with Gasteiger partial charge < -0.3 is 10.1 Å². The Morgan fingerprint density at radius 2 is 1.80 bits per heavy atom. The Hall–Kier alpha value is -1.87. The standard InChI is InChI=1S/C17H20FNO/c1-4-19-11-15-16(18)6-5-7-17(15)20-14-9-12(2)8-13(3)10-14/h5-10,19H,4,11H2,1-3H3. The molecule has 2 aromatic rings. The van der Waals surface area contributed by atoms with Gasteiger partial charge in [0.2, 0.25) is 0 Å². The van der Waals surface area contributed by atoms with Crippen molar-refractivity contribution in [1.82, 2.24) is 5.32 Å². The van der Waals surface area contributed by atoms with Crippen molar-refractivity contribution in [3.8, 4) is 11.5 Å². The van der Waals surface area contributed by atoms with Crippen LogP contribution in [0, 0.1) is 19.7 Å². The van der Waals surface area contributed by atoms with E-state index in [1.54, 1.807) is 12.1 Å². The van der Waals surface area contributed by atoms with Crippen LogP contribution in [0.15, 0.2) is 36.4 Å². The molecule has 0 unspecified atom stereocenters. The summed E-state index contributed by atoms with van der Waals surface area (Å²) in [7, 11) is 0. The summed E-state index contributed by atoms with van der Waals surface area (Å²) in [5.74, 6) is 1.06. The summed E-state index contributed by atoms with van der Waals surface area (Å²) in [5, 5.41) is 3.13. The number of ether oxygens (including phenoxy) is 1. The Labute approximate surface area is 119 Å². The number of hydrogen-bond acceptors (Lipinski definition) is 2. The summed E-state index contributed by atoms with van der Waals surface area (Å²) in [4.78, 5) is 0. The van der Waals surface area contributed by atoms with E-state index in [1.165, 1.54) is 6.07 Å². The molecular formula is C17H20FNO. The van der Waals surface area contributed by atoms with E-state index >= 15 is 0 Å². The SMILES string of the molecule is CCNCc1c(F)cccc1Oc1cc(C)cc(C)c1. The molecule has 0 aliphatic rings. The highest BCUT2D eigenvalue weighted by molar-refractivity contribution is 5.41. The molecule has 2 rings (SSSR count). The molecule has 0 bridgehead atoms. The topological polar surface area (TPSA) is 21.3 Å². The molecule has 0 amide bonds. The Balaban J connectivity index is 2.30. The fraction of sp³-hybridized carbons (Fsp3) is 0.294. The second kappa shape index (κ2) is 6.53. The van der Waals surface area contributed by atoms with Crippen molar-refractivity contribution in [2.75, 3.05) is 6.54 Å². The molecule has 0 saturated heterocycles. The first-order chi connectivity index (χ1) is 9.60. The Bertz CT molecular complexity index is 575. The van der Waals surface area contributed by atoms with E-state index in [-0.39, 0.29) is 5.82 Å². The van der Waals surface area contributed by atoms with Crippen molar-refractivity contribution in [1.29, 1.82) is 0 Å². The van der Waals surface area contributed by atoms with Crippen LogP contribution in [0.5, 0.6) is 11.5 Å². The molecule has 106 valence electrons. The Morgan fingerprint density at radius 3 is 2.45 bits per heavy atom. The Kier molecular flexibility index (Phi) is 4.74. The van der Waals surface area contributed by atoms with Crippen LogP contribution in [0.25, 0.3) is 0 Å². The van der Waals surface area contributed by atoms with E-state index in [4.69, 9.17) is 4.74 Å². The van der Waals surface area contributed by atoms with Gasteiger partial charge in [-0.25, -0.2) is 4.39 Å². The van der Waals surface area contributed by atoms with Crippen LogP contribution in [0.3, 0.4) is 0 Å². The van der Waals surface area contributed by atoms with Gasteiger partial charge in [-0.3, -0.25) is 0 Å². The maximum atomic E-state index is 13.9. The quantitative estimate of drug-likeness (QED) is 0.874. The van der Waals surface area contributed by atoms with Gasteiger partial charge in [-0.05, 0) is 55.8 Å². The predicted molar refractivity (Wildman–Crippen MR) is 79.8 cm³/mol. The first kappa shape index (κ1) is 14.5. The predicted octanol–water partition coefficient (Wildman–Crippen LogP) is 4.34. The monoisotopic (exact) mass is 273 g/mol. The molecule has 0 aromatic heterocycles. The molecule has 0 spiro atoms. The zero-order valence-corrected chi connectivity index (χ0v) is 12.2. The lowest BCUT2D eigenvalue weighted by atomic mass is 10.1. The highest BCUT2D eigenvalue weighted by Crippen LogP contribution is 2.28. The van der Waals surface area contributed by atoms with Crippen molar-refractivity contribution >= 4 is 0 Å². The molecule has 0 saturated carbocycles. The molecular weight excluding hydrogens is 253 g/mol. The summed E-state index contributed by atoms with van der Waals surface area (Å²) in [6.07, 6.45) is 0. The first-order valence-corrected chi connectivity index (χ1v) is 6.84. The minimum absolute atomic E-state index is 0.243.